The number of nitrogens with zero attached hydrogens (tertiary/aromatic N) is 2. The Morgan fingerprint density at radius 2 is 1.90 bits per heavy atom. The van der Waals surface area contributed by atoms with E-state index in [0.29, 0.717) is 17.8 Å². The normalized spacial score (nSPS) is 11.0. The van der Waals surface area contributed by atoms with Crippen molar-refractivity contribution >= 4 is 28.5 Å². The predicted octanol–water partition coefficient (Wildman–Crippen LogP) is 5.94. The molecule has 29 heavy (non-hydrogen) atoms. The minimum Gasteiger partial charge on any atom is -0.343 e. The Balaban J connectivity index is 2.05. The number of hydrogen-bond acceptors (Lipinski definition) is 3. The maximum absolute atomic E-state index is 14.9. The Kier molecular flexibility index (Phi) is 5.73. The molecule has 2 aromatic heterocycles. The Hall–Kier alpha value is -3.15. The molecule has 0 amide bonds. The van der Waals surface area contributed by atoms with Gasteiger partial charge in [-0.25, -0.2) is 13.8 Å². The zero-order valence-corrected chi connectivity index (χ0v) is 17.3. The van der Waals surface area contributed by atoms with Gasteiger partial charge in [-0.05, 0) is 43.0 Å². The molecule has 6 heteroatoms. The zero-order valence-electron chi connectivity index (χ0n) is 17.3. The first-order valence-electron chi connectivity index (χ1n) is 9.62. The fourth-order valence-corrected chi connectivity index (χ4v) is 3.48. The summed E-state index contributed by atoms with van der Waals surface area (Å²) in [6.07, 6.45) is 4.40. The van der Waals surface area contributed by atoms with Crippen LogP contribution in [-0.2, 0) is 12.8 Å². The molecular formula is C23H26F2N4. The van der Waals surface area contributed by atoms with Gasteiger partial charge in [-0.2, -0.15) is 0 Å². The lowest BCUT2D eigenvalue weighted by atomic mass is 10.0. The maximum Gasteiger partial charge on any atom is 0.156 e. The van der Waals surface area contributed by atoms with Gasteiger partial charge in [-0.3, -0.25) is 0 Å². The number of fused-ring (bicyclic) bond motifs is 1. The molecule has 0 spiro atoms. The largest absolute Gasteiger partial charge is 0.343 e. The van der Waals surface area contributed by atoms with E-state index in [1.54, 1.807) is 4.90 Å². The lowest BCUT2D eigenvalue weighted by Gasteiger charge is -2.26. The first-order chi connectivity index (χ1) is 13.8. The number of halogens is 2. The van der Waals surface area contributed by atoms with Crippen LogP contribution >= 0.6 is 0 Å². The number of pyridine rings is 1. The van der Waals surface area contributed by atoms with Gasteiger partial charge < -0.3 is 15.2 Å². The van der Waals surface area contributed by atoms with Gasteiger partial charge in [0.05, 0.1) is 5.69 Å². The van der Waals surface area contributed by atoms with E-state index in [2.05, 4.69) is 28.4 Å². The second kappa shape index (κ2) is 8.07. The highest BCUT2D eigenvalue weighted by atomic mass is 19.1. The van der Waals surface area contributed by atoms with Crippen molar-refractivity contribution in [2.75, 3.05) is 17.3 Å². The third-order valence-electron chi connectivity index (χ3n) is 5.14. The molecule has 152 valence electrons. The summed E-state index contributed by atoms with van der Waals surface area (Å²) in [6, 6.07) is 3.49. The van der Waals surface area contributed by atoms with Crippen LogP contribution in [0.4, 0.5) is 20.2 Å². The first-order valence-corrected chi connectivity index (χ1v) is 9.62. The van der Waals surface area contributed by atoms with Crippen molar-refractivity contribution in [1.82, 2.24) is 9.97 Å². The van der Waals surface area contributed by atoms with Crippen molar-refractivity contribution < 1.29 is 8.78 Å². The van der Waals surface area contributed by atoms with Crippen LogP contribution < -0.4 is 10.2 Å². The van der Waals surface area contributed by atoms with E-state index < -0.39 is 11.6 Å². The van der Waals surface area contributed by atoms with E-state index in [-0.39, 0.29) is 11.3 Å². The molecule has 0 saturated heterocycles. The van der Waals surface area contributed by atoms with Crippen molar-refractivity contribution in [2.24, 2.45) is 0 Å². The minimum absolute atomic E-state index is 0.218. The molecule has 0 atom stereocenters. The molecule has 0 aliphatic heterocycles. The van der Waals surface area contributed by atoms with E-state index in [1.165, 1.54) is 12.1 Å². The Labute approximate surface area is 170 Å². The lowest BCUT2D eigenvalue weighted by molar-refractivity contribution is 0.578. The second-order valence-electron chi connectivity index (χ2n) is 7.02. The van der Waals surface area contributed by atoms with Crippen molar-refractivity contribution in [3.8, 4) is 0 Å². The fraction of sp³-hybridized carbons (Fsp3) is 0.261. The minimum atomic E-state index is -0.683. The summed E-state index contributed by atoms with van der Waals surface area (Å²) in [4.78, 5) is 9.50. The Morgan fingerprint density at radius 3 is 2.52 bits per heavy atom. The van der Waals surface area contributed by atoms with E-state index >= 15 is 0 Å². The Bertz CT molecular complexity index is 1100. The number of aromatic amines is 1. The molecule has 3 rings (SSSR count). The summed E-state index contributed by atoms with van der Waals surface area (Å²) < 4.78 is 29.7. The third-order valence-corrected chi connectivity index (χ3v) is 5.14. The molecule has 0 aliphatic carbocycles. The number of aryl methyl sites for hydroxylation is 3. The average molecular weight is 396 g/mol. The van der Waals surface area contributed by atoms with Gasteiger partial charge in [0.25, 0.3) is 0 Å². The van der Waals surface area contributed by atoms with Gasteiger partial charge in [0, 0.05) is 29.9 Å². The zero-order chi connectivity index (χ0) is 21.3. The van der Waals surface area contributed by atoms with Crippen LogP contribution in [0.1, 0.15) is 36.2 Å². The number of aromatic nitrogens is 2. The molecule has 0 saturated carbocycles. The molecule has 0 bridgehead atoms. The fourth-order valence-electron chi connectivity index (χ4n) is 3.48. The van der Waals surface area contributed by atoms with Gasteiger partial charge in [0.2, 0.25) is 0 Å². The van der Waals surface area contributed by atoms with E-state index in [4.69, 9.17) is 0 Å². The van der Waals surface area contributed by atoms with Gasteiger partial charge in [0.1, 0.15) is 17.2 Å². The summed E-state index contributed by atoms with van der Waals surface area (Å²) >= 11 is 0. The highest BCUT2D eigenvalue weighted by Gasteiger charge is 2.20. The molecule has 1 aromatic carbocycles. The van der Waals surface area contributed by atoms with Crippen molar-refractivity contribution in [3.63, 3.8) is 0 Å². The smallest absolute Gasteiger partial charge is 0.156 e. The average Bonchev–Trinajstić information content (AvgIpc) is 3.09. The van der Waals surface area contributed by atoms with Gasteiger partial charge in [-0.15, -0.1) is 0 Å². The first kappa shape index (κ1) is 20.6. The topological polar surface area (TPSA) is 44.0 Å². The molecule has 0 unspecified atom stereocenters. The maximum atomic E-state index is 14.9. The van der Waals surface area contributed by atoms with Gasteiger partial charge in [-0.1, -0.05) is 33.1 Å². The van der Waals surface area contributed by atoms with Crippen LogP contribution in [0.5, 0.6) is 0 Å². The summed E-state index contributed by atoms with van der Waals surface area (Å²) in [5.41, 5.74) is 4.10. The summed E-state index contributed by atoms with van der Waals surface area (Å²) in [5, 5.41) is 3.78. The van der Waals surface area contributed by atoms with Gasteiger partial charge in [0.15, 0.2) is 11.6 Å². The van der Waals surface area contributed by atoms with Crippen molar-refractivity contribution in [1.29, 1.82) is 0 Å². The van der Waals surface area contributed by atoms with E-state index in [9.17, 15) is 8.78 Å². The highest BCUT2D eigenvalue weighted by molar-refractivity contribution is 5.93. The van der Waals surface area contributed by atoms with E-state index in [0.717, 1.165) is 34.4 Å². The number of H-pyrrole nitrogens is 1. The SMILES string of the molecule is C=Cc1cc(CC)c(F)c(NC(=C)N(C)c2c(CC)cnc3[nH]c(C)cc23)c1F. The molecule has 0 fully saturated rings. The summed E-state index contributed by atoms with van der Waals surface area (Å²) in [5.74, 6) is -0.942. The van der Waals surface area contributed by atoms with Crippen LogP contribution in [0.3, 0.4) is 0 Å². The molecule has 2 heterocycles. The monoisotopic (exact) mass is 396 g/mol. The number of benzene rings is 1. The molecule has 0 radical (unpaired) electrons. The van der Waals surface area contributed by atoms with Crippen LogP contribution in [0.15, 0.2) is 37.3 Å². The molecule has 0 aliphatic rings. The van der Waals surface area contributed by atoms with Gasteiger partial charge >= 0.3 is 0 Å². The number of nitrogens with one attached hydrogen (secondary N) is 2. The van der Waals surface area contributed by atoms with Crippen LogP contribution in [0, 0.1) is 18.6 Å². The summed E-state index contributed by atoms with van der Waals surface area (Å²) in [6.45, 7) is 13.5. The molecular weight excluding hydrogens is 370 g/mol. The number of anilines is 2. The van der Waals surface area contributed by atoms with Crippen LogP contribution in [0.2, 0.25) is 0 Å². The lowest BCUT2D eigenvalue weighted by Crippen LogP contribution is -2.24. The van der Waals surface area contributed by atoms with Crippen molar-refractivity contribution in [2.45, 2.75) is 33.6 Å². The van der Waals surface area contributed by atoms with Crippen LogP contribution in [-0.4, -0.2) is 17.0 Å². The Morgan fingerprint density at radius 1 is 1.21 bits per heavy atom. The van der Waals surface area contributed by atoms with E-state index in [1.807, 2.05) is 40.1 Å². The third kappa shape index (κ3) is 3.62. The van der Waals surface area contributed by atoms with Crippen LogP contribution in [0.25, 0.3) is 17.1 Å². The molecule has 3 aromatic rings. The predicted molar refractivity (Wildman–Crippen MR) is 117 cm³/mol. The van der Waals surface area contributed by atoms with Crippen molar-refractivity contribution in [3.05, 3.63) is 71.3 Å². The highest BCUT2D eigenvalue weighted by Crippen LogP contribution is 2.33. The number of hydrogen-bond donors (Lipinski definition) is 2. The molecule has 4 nitrogen and oxygen atoms in total. The second-order valence-corrected chi connectivity index (χ2v) is 7.02. The summed E-state index contributed by atoms with van der Waals surface area (Å²) in [7, 11) is 1.82. The number of rotatable bonds is 7. The standard InChI is InChI=1S/C23H26F2N4/c1-7-15-11-16(8-2)20(25)21(19(15)24)28-14(5)29(6)22-17(9-3)12-26-23-18(22)10-13(4)27-23/h7,10-12,28H,1,5,8-9H2,2-4,6H3,(H,26,27). The quantitative estimate of drug-likeness (QED) is 0.520. The molecule has 2 N–H and O–H groups in total.